The van der Waals surface area contributed by atoms with Crippen LogP contribution in [0.15, 0.2) is 42.5 Å². The van der Waals surface area contributed by atoms with Crippen LogP contribution in [0.5, 0.6) is 0 Å². The first-order valence-corrected chi connectivity index (χ1v) is 8.00. The fourth-order valence-corrected chi connectivity index (χ4v) is 3.88. The average Bonchev–Trinajstić information content (AvgIpc) is 2.70. The van der Waals surface area contributed by atoms with Crippen LogP contribution in [0.25, 0.3) is 11.1 Å². The van der Waals surface area contributed by atoms with E-state index in [2.05, 4.69) is 59.6 Å². The van der Waals surface area contributed by atoms with Crippen LogP contribution in [0.3, 0.4) is 0 Å². The second-order valence-corrected chi connectivity index (χ2v) is 6.22. The molecule has 0 saturated carbocycles. The van der Waals surface area contributed by atoms with Gasteiger partial charge in [0, 0.05) is 30.4 Å². The van der Waals surface area contributed by atoms with E-state index in [-0.39, 0.29) is 0 Å². The van der Waals surface area contributed by atoms with Crippen molar-refractivity contribution >= 4 is 5.69 Å². The van der Waals surface area contributed by atoms with E-state index < -0.39 is 0 Å². The van der Waals surface area contributed by atoms with Crippen LogP contribution in [-0.2, 0) is 6.42 Å². The Labute approximate surface area is 126 Å². The van der Waals surface area contributed by atoms with Gasteiger partial charge in [0.25, 0.3) is 0 Å². The number of nitrogens with zero attached hydrogens (tertiary/aromatic N) is 1. The molecule has 0 aliphatic carbocycles. The first-order chi connectivity index (χ1) is 10.3. The second-order valence-electron chi connectivity index (χ2n) is 6.22. The monoisotopic (exact) mass is 278 g/mol. The van der Waals surface area contributed by atoms with Gasteiger partial charge >= 0.3 is 0 Å². The van der Waals surface area contributed by atoms with Gasteiger partial charge in [0.2, 0.25) is 0 Å². The molecule has 4 rings (SSSR count). The Morgan fingerprint density at radius 2 is 1.86 bits per heavy atom. The molecule has 1 N–H and O–H groups in total. The molecule has 2 aliphatic heterocycles. The van der Waals surface area contributed by atoms with Gasteiger partial charge in [-0.15, -0.1) is 0 Å². The van der Waals surface area contributed by atoms with Gasteiger partial charge in [-0.05, 0) is 43.0 Å². The molecule has 0 spiro atoms. The highest BCUT2D eigenvalue weighted by Crippen LogP contribution is 2.42. The fourth-order valence-electron chi connectivity index (χ4n) is 3.88. The van der Waals surface area contributed by atoms with Crippen molar-refractivity contribution < 1.29 is 0 Å². The van der Waals surface area contributed by atoms with Gasteiger partial charge in [0.05, 0.1) is 0 Å². The van der Waals surface area contributed by atoms with Gasteiger partial charge in [-0.2, -0.15) is 0 Å². The number of aryl methyl sites for hydroxylation is 1. The fraction of sp³-hybridized carbons (Fsp3) is 0.368. The van der Waals surface area contributed by atoms with Crippen molar-refractivity contribution in [1.29, 1.82) is 0 Å². The third kappa shape index (κ3) is 2.14. The molecule has 0 amide bonds. The Morgan fingerprint density at radius 3 is 2.76 bits per heavy atom. The molecular weight excluding hydrogens is 256 g/mol. The Kier molecular flexibility index (Phi) is 3.19. The van der Waals surface area contributed by atoms with Crippen molar-refractivity contribution in [3.63, 3.8) is 0 Å². The van der Waals surface area contributed by atoms with E-state index in [0.29, 0.717) is 6.04 Å². The Morgan fingerprint density at radius 1 is 1.00 bits per heavy atom. The lowest BCUT2D eigenvalue weighted by molar-refractivity contribution is 0.612. The maximum Gasteiger partial charge on any atom is 0.0482 e. The van der Waals surface area contributed by atoms with Crippen molar-refractivity contribution in [2.75, 3.05) is 24.5 Å². The summed E-state index contributed by atoms with van der Waals surface area (Å²) in [6.07, 6.45) is 2.46. The summed E-state index contributed by atoms with van der Waals surface area (Å²) in [5, 5.41) is 3.54. The molecule has 0 aromatic heterocycles. The molecule has 1 saturated heterocycles. The summed E-state index contributed by atoms with van der Waals surface area (Å²) in [4.78, 5) is 2.65. The highest BCUT2D eigenvalue weighted by molar-refractivity contribution is 5.84. The van der Waals surface area contributed by atoms with E-state index in [1.807, 2.05) is 0 Å². The maximum atomic E-state index is 3.54. The summed E-state index contributed by atoms with van der Waals surface area (Å²) in [5.41, 5.74) is 7.17. The van der Waals surface area contributed by atoms with E-state index in [1.165, 1.54) is 40.8 Å². The maximum absolute atomic E-state index is 3.54. The highest BCUT2D eigenvalue weighted by atomic mass is 15.2. The van der Waals surface area contributed by atoms with Gasteiger partial charge in [0.1, 0.15) is 0 Å². The van der Waals surface area contributed by atoms with E-state index in [0.717, 1.165) is 19.6 Å². The number of para-hydroxylation sites is 1. The van der Waals surface area contributed by atoms with Crippen molar-refractivity contribution in [2.24, 2.45) is 0 Å². The number of hydrogen-bond donors (Lipinski definition) is 1. The lowest BCUT2D eigenvalue weighted by Crippen LogP contribution is -2.33. The van der Waals surface area contributed by atoms with Crippen LogP contribution in [0, 0.1) is 6.92 Å². The topological polar surface area (TPSA) is 15.3 Å². The minimum absolute atomic E-state index is 0.681. The number of hydrogen-bond acceptors (Lipinski definition) is 2. The first-order valence-electron chi connectivity index (χ1n) is 8.00. The largest absolute Gasteiger partial charge is 0.366 e. The molecule has 21 heavy (non-hydrogen) atoms. The summed E-state index contributed by atoms with van der Waals surface area (Å²) in [6.45, 7) is 5.58. The van der Waals surface area contributed by atoms with Gasteiger partial charge < -0.3 is 10.2 Å². The standard InChI is InChI=1S/C19H22N2/c1-14-5-2-3-7-17(14)18-8-4-6-15-13-16-9-10-20-11-12-21(16)19(15)18/h2-8,16,20H,9-13H2,1H3/t16-/m1/s1. The summed E-state index contributed by atoms with van der Waals surface area (Å²) in [7, 11) is 0. The molecule has 1 fully saturated rings. The summed E-state index contributed by atoms with van der Waals surface area (Å²) >= 11 is 0. The predicted molar refractivity (Wildman–Crippen MR) is 88.9 cm³/mol. The molecule has 0 radical (unpaired) electrons. The number of rotatable bonds is 1. The molecule has 1 atom stereocenters. The smallest absolute Gasteiger partial charge is 0.0482 e. The Balaban J connectivity index is 1.85. The third-order valence-corrected chi connectivity index (χ3v) is 4.92. The minimum atomic E-state index is 0.681. The van der Waals surface area contributed by atoms with Crippen molar-refractivity contribution in [3.05, 3.63) is 53.6 Å². The van der Waals surface area contributed by atoms with E-state index in [4.69, 9.17) is 0 Å². The number of fused-ring (bicyclic) bond motifs is 3. The molecule has 2 nitrogen and oxygen atoms in total. The Bertz CT molecular complexity index is 662. The minimum Gasteiger partial charge on any atom is -0.366 e. The highest BCUT2D eigenvalue weighted by Gasteiger charge is 2.32. The number of nitrogens with one attached hydrogen (secondary N) is 1. The zero-order chi connectivity index (χ0) is 14.2. The Hall–Kier alpha value is -1.80. The summed E-state index contributed by atoms with van der Waals surface area (Å²) in [5.74, 6) is 0. The molecule has 0 bridgehead atoms. The van der Waals surface area contributed by atoms with Crippen LogP contribution in [0.2, 0.25) is 0 Å². The average molecular weight is 278 g/mol. The van der Waals surface area contributed by atoms with Crippen molar-refractivity contribution in [3.8, 4) is 11.1 Å². The van der Waals surface area contributed by atoms with Crippen molar-refractivity contribution in [2.45, 2.75) is 25.8 Å². The quantitative estimate of drug-likeness (QED) is 0.860. The van der Waals surface area contributed by atoms with Crippen LogP contribution >= 0.6 is 0 Å². The predicted octanol–water partition coefficient (Wildman–Crippen LogP) is 3.39. The number of anilines is 1. The normalized spacial score (nSPS) is 20.8. The van der Waals surface area contributed by atoms with E-state index in [9.17, 15) is 0 Å². The molecular formula is C19H22N2. The van der Waals surface area contributed by atoms with Crippen LogP contribution in [-0.4, -0.2) is 25.7 Å². The van der Waals surface area contributed by atoms with Crippen molar-refractivity contribution in [1.82, 2.24) is 5.32 Å². The third-order valence-electron chi connectivity index (χ3n) is 4.92. The van der Waals surface area contributed by atoms with Crippen LogP contribution in [0.1, 0.15) is 17.5 Å². The SMILES string of the molecule is Cc1ccccc1-c1cccc2c1N1CCNCC[C@@H]1C2. The summed E-state index contributed by atoms with van der Waals surface area (Å²) < 4.78 is 0. The van der Waals surface area contributed by atoms with Crippen LogP contribution in [0.4, 0.5) is 5.69 Å². The molecule has 0 unspecified atom stereocenters. The van der Waals surface area contributed by atoms with E-state index in [1.54, 1.807) is 0 Å². The number of benzene rings is 2. The molecule has 2 aliphatic rings. The molecule has 2 heterocycles. The first kappa shape index (κ1) is 12.9. The molecule has 108 valence electrons. The van der Waals surface area contributed by atoms with Gasteiger partial charge in [-0.1, -0.05) is 42.5 Å². The molecule has 2 heteroatoms. The zero-order valence-electron chi connectivity index (χ0n) is 12.6. The molecule has 2 aromatic carbocycles. The lowest BCUT2D eigenvalue weighted by Gasteiger charge is -2.27. The van der Waals surface area contributed by atoms with Gasteiger partial charge in [-0.25, -0.2) is 0 Å². The second kappa shape index (κ2) is 5.19. The van der Waals surface area contributed by atoms with Crippen LogP contribution < -0.4 is 10.2 Å². The van der Waals surface area contributed by atoms with Gasteiger partial charge in [-0.3, -0.25) is 0 Å². The lowest BCUT2D eigenvalue weighted by atomic mass is 9.96. The van der Waals surface area contributed by atoms with E-state index >= 15 is 0 Å². The summed E-state index contributed by atoms with van der Waals surface area (Å²) in [6, 6.07) is 16.3. The zero-order valence-corrected chi connectivity index (χ0v) is 12.6. The molecule has 2 aromatic rings. The van der Waals surface area contributed by atoms with Gasteiger partial charge in [0.15, 0.2) is 0 Å².